The molecule has 0 aliphatic heterocycles. The standard InChI is InChI=1S/C11H29O6PSi2/c1-10(2,13-5)8-19-16-18(12,15-7)17-20-9-11(3,4)14-6/h8-9,19-20H2,1-7H3. The number of hydrogen-bond acceptors (Lipinski definition) is 6. The van der Waals surface area contributed by atoms with Gasteiger partial charge >= 0.3 is 7.82 Å². The predicted octanol–water partition coefficient (Wildman–Crippen LogP) is 1.63. The maximum Gasteiger partial charge on any atom is 0.453 e. The quantitative estimate of drug-likeness (QED) is 0.419. The van der Waals surface area contributed by atoms with Crippen LogP contribution in [0.3, 0.4) is 0 Å². The molecule has 0 unspecified atom stereocenters. The third kappa shape index (κ3) is 8.68. The molecule has 0 radical (unpaired) electrons. The molecule has 0 saturated carbocycles. The van der Waals surface area contributed by atoms with Gasteiger partial charge in [0.05, 0.1) is 11.2 Å². The molecule has 20 heavy (non-hydrogen) atoms. The summed E-state index contributed by atoms with van der Waals surface area (Å²) in [6.07, 6.45) is 0. The predicted molar refractivity (Wildman–Crippen MR) is 85.7 cm³/mol. The van der Waals surface area contributed by atoms with Gasteiger partial charge < -0.3 is 17.9 Å². The van der Waals surface area contributed by atoms with Crippen molar-refractivity contribution >= 4 is 27.3 Å². The highest BCUT2D eigenvalue weighted by atomic mass is 31.2. The van der Waals surface area contributed by atoms with Crippen LogP contribution in [-0.4, -0.2) is 52.1 Å². The Hall–Kier alpha value is 0.464. The van der Waals surface area contributed by atoms with E-state index in [1.54, 1.807) is 14.2 Å². The van der Waals surface area contributed by atoms with Crippen molar-refractivity contribution in [3.63, 3.8) is 0 Å². The summed E-state index contributed by atoms with van der Waals surface area (Å²) in [6.45, 7) is 7.88. The van der Waals surface area contributed by atoms with Crippen LogP contribution in [0.4, 0.5) is 0 Å². The number of ether oxygens (including phenoxy) is 2. The number of hydrogen-bond donors (Lipinski definition) is 0. The average Bonchev–Trinajstić information content (AvgIpc) is 2.38. The third-order valence-electron chi connectivity index (χ3n) is 3.24. The zero-order valence-electron chi connectivity index (χ0n) is 13.7. The summed E-state index contributed by atoms with van der Waals surface area (Å²) < 4.78 is 38.6. The summed E-state index contributed by atoms with van der Waals surface area (Å²) in [7, 11) is -0.788. The van der Waals surface area contributed by atoms with E-state index in [9.17, 15) is 4.57 Å². The van der Waals surface area contributed by atoms with Crippen LogP contribution in [0.1, 0.15) is 27.7 Å². The molecule has 0 amide bonds. The van der Waals surface area contributed by atoms with Gasteiger partial charge in [-0.3, -0.25) is 4.52 Å². The molecule has 0 fully saturated rings. The van der Waals surface area contributed by atoms with E-state index in [1.807, 2.05) is 27.7 Å². The molecule has 0 bridgehead atoms. The van der Waals surface area contributed by atoms with Crippen molar-refractivity contribution in [3.05, 3.63) is 0 Å². The summed E-state index contributed by atoms with van der Waals surface area (Å²) in [4.78, 5) is 0. The summed E-state index contributed by atoms with van der Waals surface area (Å²) in [5.74, 6) is 0. The first-order chi connectivity index (χ1) is 9.10. The fourth-order valence-electron chi connectivity index (χ4n) is 1.15. The lowest BCUT2D eigenvalue weighted by Crippen LogP contribution is -2.26. The Morgan fingerprint density at radius 1 is 0.850 bits per heavy atom. The SMILES string of the molecule is COC(C)(C)C[SiH2]OP(=O)(OC)O[SiH2]CC(C)(C)OC. The van der Waals surface area contributed by atoms with Crippen LogP contribution < -0.4 is 0 Å². The van der Waals surface area contributed by atoms with Gasteiger partial charge in [-0.1, -0.05) is 0 Å². The van der Waals surface area contributed by atoms with Crippen LogP contribution in [0.2, 0.25) is 12.1 Å². The second kappa shape index (κ2) is 8.80. The largest absolute Gasteiger partial charge is 0.453 e. The van der Waals surface area contributed by atoms with Crippen molar-refractivity contribution in [2.24, 2.45) is 0 Å². The molecular formula is C11H29O6PSi2. The highest BCUT2D eigenvalue weighted by Gasteiger charge is 2.27. The van der Waals surface area contributed by atoms with Crippen molar-refractivity contribution in [3.8, 4) is 0 Å². The van der Waals surface area contributed by atoms with E-state index in [-0.39, 0.29) is 11.2 Å². The molecule has 0 aromatic heterocycles. The lowest BCUT2D eigenvalue weighted by atomic mass is 10.2. The second-order valence-corrected chi connectivity index (χ2v) is 10.9. The molecule has 0 aromatic rings. The second-order valence-electron chi connectivity index (χ2n) is 5.72. The normalized spacial score (nSPS) is 17.4. The van der Waals surface area contributed by atoms with Gasteiger partial charge in [0.25, 0.3) is 0 Å². The van der Waals surface area contributed by atoms with Crippen LogP contribution >= 0.6 is 7.82 Å². The molecular weight excluding hydrogens is 315 g/mol. The summed E-state index contributed by atoms with van der Waals surface area (Å²) in [5, 5.41) is 0. The Labute approximate surface area is 127 Å². The van der Waals surface area contributed by atoms with Gasteiger partial charge in [0, 0.05) is 21.3 Å². The van der Waals surface area contributed by atoms with Crippen LogP contribution in [0.25, 0.3) is 0 Å². The van der Waals surface area contributed by atoms with Crippen molar-refractivity contribution in [2.45, 2.75) is 51.0 Å². The molecule has 9 heteroatoms. The monoisotopic (exact) mass is 344 g/mol. The lowest BCUT2D eigenvalue weighted by Gasteiger charge is -2.25. The zero-order valence-corrected chi connectivity index (χ0v) is 17.4. The van der Waals surface area contributed by atoms with Crippen LogP contribution in [0, 0.1) is 0 Å². The van der Waals surface area contributed by atoms with E-state index in [2.05, 4.69) is 0 Å². The summed E-state index contributed by atoms with van der Waals surface area (Å²) in [5.41, 5.74) is -0.527. The van der Waals surface area contributed by atoms with Crippen molar-refractivity contribution in [1.82, 2.24) is 0 Å². The molecule has 0 spiro atoms. The van der Waals surface area contributed by atoms with Crippen LogP contribution in [0.5, 0.6) is 0 Å². The summed E-state index contributed by atoms with van der Waals surface area (Å²) in [6, 6.07) is 1.48. The van der Waals surface area contributed by atoms with Gasteiger partial charge in [-0.15, -0.1) is 0 Å². The third-order valence-corrected chi connectivity index (χ3v) is 10.5. The first-order valence-electron chi connectivity index (χ1n) is 6.65. The van der Waals surface area contributed by atoms with E-state index in [1.165, 1.54) is 7.11 Å². The van der Waals surface area contributed by atoms with Gasteiger partial charge in [-0.2, -0.15) is 0 Å². The molecule has 0 atom stereocenters. The summed E-state index contributed by atoms with van der Waals surface area (Å²) >= 11 is 0. The highest BCUT2D eigenvalue weighted by Crippen LogP contribution is 2.48. The van der Waals surface area contributed by atoms with Gasteiger partial charge in [0.15, 0.2) is 19.5 Å². The first-order valence-corrected chi connectivity index (χ1v) is 11.3. The lowest BCUT2D eigenvalue weighted by molar-refractivity contribution is 0.0379. The van der Waals surface area contributed by atoms with E-state index in [4.69, 9.17) is 22.4 Å². The van der Waals surface area contributed by atoms with Crippen LogP contribution in [-0.2, 0) is 27.0 Å². The molecule has 122 valence electrons. The molecule has 6 nitrogen and oxygen atoms in total. The molecule has 0 aliphatic rings. The maximum absolute atomic E-state index is 12.3. The number of rotatable bonds is 11. The topological polar surface area (TPSA) is 63.2 Å². The average molecular weight is 344 g/mol. The van der Waals surface area contributed by atoms with E-state index in [0.29, 0.717) is 0 Å². The van der Waals surface area contributed by atoms with Gasteiger partial charge in [-0.25, -0.2) is 4.57 Å². The minimum atomic E-state index is -3.38. The fourth-order valence-corrected chi connectivity index (χ4v) is 6.88. The van der Waals surface area contributed by atoms with Gasteiger partial charge in [-0.05, 0) is 39.8 Å². The van der Waals surface area contributed by atoms with E-state index >= 15 is 0 Å². The minimum Gasteiger partial charge on any atom is -0.379 e. The Kier molecular flexibility index (Phi) is 9.00. The van der Waals surface area contributed by atoms with E-state index < -0.39 is 27.3 Å². The Bertz CT molecular complexity index is 298. The van der Waals surface area contributed by atoms with Gasteiger partial charge in [0.1, 0.15) is 0 Å². The Morgan fingerprint density at radius 2 is 1.20 bits per heavy atom. The zero-order chi connectivity index (χ0) is 15.9. The van der Waals surface area contributed by atoms with Crippen molar-refractivity contribution < 1.29 is 27.0 Å². The first kappa shape index (κ1) is 20.5. The van der Waals surface area contributed by atoms with Crippen LogP contribution in [0.15, 0.2) is 0 Å². The maximum atomic E-state index is 12.3. The van der Waals surface area contributed by atoms with E-state index in [0.717, 1.165) is 12.1 Å². The Balaban J connectivity index is 4.18. The van der Waals surface area contributed by atoms with Crippen molar-refractivity contribution in [1.29, 1.82) is 0 Å². The Morgan fingerprint density at radius 3 is 1.45 bits per heavy atom. The molecule has 0 aromatic carbocycles. The fraction of sp³-hybridized carbons (Fsp3) is 1.00. The molecule has 0 rings (SSSR count). The minimum absolute atomic E-state index is 0.264. The highest BCUT2D eigenvalue weighted by molar-refractivity contribution is 7.50. The molecule has 0 saturated heterocycles. The smallest absolute Gasteiger partial charge is 0.379 e. The van der Waals surface area contributed by atoms with Gasteiger partial charge in [0.2, 0.25) is 0 Å². The number of phosphoric acid groups is 1. The number of methoxy groups -OCH3 is 2. The molecule has 0 aliphatic carbocycles. The van der Waals surface area contributed by atoms with Crippen molar-refractivity contribution in [2.75, 3.05) is 21.3 Å². The molecule has 0 heterocycles. The molecule has 0 N–H and O–H groups in total.